The maximum Gasteiger partial charge on any atom is 0.261 e. The van der Waals surface area contributed by atoms with Gasteiger partial charge in [-0.15, -0.1) is 0 Å². The molecule has 0 spiro atoms. The van der Waals surface area contributed by atoms with E-state index in [1.165, 1.54) is 18.4 Å². The van der Waals surface area contributed by atoms with Crippen LogP contribution in [0.4, 0.5) is 11.8 Å². The molecule has 28 heavy (non-hydrogen) atoms. The minimum absolute atomic E-state index is 0.0702. The van der Waals surface area contributed by atoms with Crippen LogP contribution in [-0.4, -0.2) is 48.2 Å². The normalized spacial score (nSPS) is 18.3. The second-order valence-electron chi connectivity index (χ2n) is 7.36. The largest absolute Gasteiger partial charge is 0.480 e. The number of benzene rings is 1. The molecule has 3 heterocycles. The minimum atomic E-state index is -0.424. The van der Waals surface area contributed by atoms with Crippen LogP contribution in [0.2, 0.25) is 0 Å². The third-order valence-corrected chi connectivity index (χ3v) is 5.19. The van der Waals surface area contributed by atoms with Crippen molar-refractivity contribution in [1.82, 2.24) is 15.3 Å². The molecule has 2 aromatic rings. The lowest BCUT2D eigenvalue weighted by Gasteiger charge is -2.25. The molecule has 0 bridgehead atoms. The fourth-order valence-corrected chi connectivity index (χ4v) is 3.72. The fourth-order valence-electron chi connectivity index (χ4n) is 3.72. The SMILES string of the molecule is Cc1cc(N2CCCC2)nc(NCCNC(=O)C2CCc3ccccc3O2)n1. The minimum Gasteiger partial charge on any atom is -0.480 e. The third kappa shape index (κ3) is 4.35. The highest BCUT2D eigenvalue weighted by Gasteiger charge is 2.25. The van der Waals surface area contributed by atoms with Crippen LogP contribution in [0.15, 0.2) is 30.3 Å². The molecule has 1 saturated heterocycles. The molecule has 1 aromatic carbocycles. The molecule has 1 fully saturated rings. The van der Waals surface area contributed by atoms with Crippen LogP contribution in [0.1, 0.15) is 30.5 Å². The quantitative estimate of drug-likeness (QED) is 0.748. The number of ether oxygens (including phenoxy) is 1. The summed E-state index contributed by atoms with van der Waals surface area (Å²) in [5.74, 6) is 2.33. The molecule has 7 heteroatoms. The summed E-state index contributed by atoms with van der Waals surface area (Å²) in [7, 11) is 0. The van der Waals surface area contributed by atoms with Gasteiger partial charge in [0.15, 0.2) is 6.10 Å². The molecule has 2 aliphatic rings. The van der Waals surface area contributed by atoms with Crippen molar-refractivity contribution in [1.29, 1.82) is 0 Å². The molecule has 7 nitrogen and oxygen atoms in total. The second-order valence-corrected chi connectivity index (χ2v) is 7.36. The van der Waals surface area contributed by atoms with Gasteiger partial charge in [0.25, 0.3) is 5.91 Å². The molecule has 0 aliphatic carbocycles. The smallest absolute Gasteiger partial charge is 0.261 e. The monoisotopic (exact) mass is 381 g/mol. The van der Waals surface area contributed by atoms with Gasteiger partial charge in [0.05, 0.1) is 0 Å². The Morgan fingerprint density at radius 2 is 2.04 bits per heavy atom. The zero-order valence-electron chi connectivity index (χ0n) is 16.3. The van der Waals surface area contributed by atoms with Gasteiger partial charge in [-0.3, -0.25) is 4.79 Å². The number of para-hydroxylation sites is 1. The lowest BCUT2D eigenvalue weighted by molar-refractivity contribution is -0.128. The van der Waals surface area contributed by atoms with E-state index in [0.717, 1.165) is 36.8 Å². The molecule has 1 amide bonds. The Morgan fingerprint density at radius 3 is 2.89 bits per heavy atom. The van der Waals surface area contributed by atoms with E-state index < -0.39 is 6.10 Å². The number of nitrogens with zero attached hydrogens (tertiary/aromatic N) is 3. The van der Waals surface area contributed by atoms with E-state index in [9.17, 15) is 4.79 Å². The zero-order valence-corrected chi connectivity index (χ0v) is 16.3. The molecule has 2 aliphatic heterocycles. The first-order chi connectivity index (χ1) is 13.7. The lowest BCUT2D eigenvalue weighted by atomic mass is 10.0. The Kier molecular flexibility index (Phi) is 5.60. The third-order valence-electron chi connectivity index (χ3n) is 5.19. The second kappa shape index (κ2) is 8.46. The van der Waals surface area contributed by atoms with Crippen molar-refractivity contribution >= 4 is 17.7 Å². The molecule has 1 aromatic heterocycles. The number of carbonyl (C=O) groups excluding carboxylic acids is 1. The van der Waals surface area contributed by atoms with Gasteiger partial charge in [0.1, 0.15) is 11.6 Å². The predicted octanol–water partition coefficient (Wildman–Crippen LogP) is 2.31. The first-order valence-electron chi connectivity index (χ1n) is 10.1. The standard InChI is InChI=1S/C21H27N5O2/c1-15-14-19(26-12-4-5-13-26)25-21(24-15)23-11-10-22-20(27)18-9-8-16-6-2-3-7-17(16)28-18/h2-3,6-7,14,18H,4-5,8-13H2,1H3,(H,22,27)(H,23,24,25). The van der Waals surface area contributed by atoms with Crippen molar-refractivity contribution in [3.8, 4) is 5.75 Å². The van der Waals surface area contributed by atoms with Crippen molar-refractivity contribution in [3.63, 3.8) is 0 Å². The maximum absolute atomic E-state index is 12.4. The van der Waals surface area contributed by atoms with E-state index in [4.69, 9.17) is 4.74 Å². The van der Waals surface area contributed by atoms with Crippen LogP contribution in [0.25, 0.3) is 0 Å². The van der Waals surface area contributed by atoms with Crippen molar-refractivity contribution in [2.75, 3.05) is 36.4 Å². The van der Waals surface area contributed by atoms with Crippen LogP contribution in [0, 0.1) is 6.92 Å². The first-order valence-corrected chi connectivity index (χ1v) is 10.1. The summed E-state index contributed by atoms with van der Waals surface area (Å²) in [6, 6.07) is 9.92. The topological polar surface area (TPSA) is 79.4 Å². The molecule has 148 valence electrons. The highest BCUT2D eigenvalue weighted by molar-refractivity contribution is 5.81. The van der Waals surface area contributed by atoms with Gasteiger partial charge in [-0.2, -0.15) is 4.98 Å². The number of aryl methyl sites for hydroxylation is 2. The Balaban J connectivity index is 1.25. The summed E-state index contributed by atoms with van der Waals surface area (Å²) in [5.41, 5.74) is 2.11. The average molecular weight is 381 g/mol. The number of amides is 1. The molecule has 0 saturated carbocycles. The first kappa shape index (κ1) is 18.5. The molecule has 2 N–H and O–H groups in total. The molecule has 1 unspecified atom stereocenters. The molecule has 4 rings (SSSR count). The number of anilines is 2. The lowest BCUT2D eigenvalue weighted by Crippen LogP contribution is -2.42. The van der Waals surface area contributed by atoms with Crippen molar-refractivity contribution in [3.05, 3.63) is 41.6 Å². The summed E-state index contributed by atoms with van der Waals surface area (Å²) in [4.78, 5) is 23.8. The summed E-state index contributed by atoms with van der Waals surface area (Å²) in [6.45, 7) is 5.15. The van der Waals surface area contributed by atoms with Gasteiger partial charge in [0.2, 0.25) is 5.95 Å². The van der Waals surface area contributed by atoms with Crippen molar-refractivity contribution < 1.29 is 9.53 Å². The van der Waals surface area contributed by atoms with Crippen molar-refractivity contribution in [2.45, 2.75) is 38.7 Å². The number of rotatable bonds is 6. The van der Waals surface area contributed by atoms with E-state index in [0.29, 0.717) is 25.5 Å². The van der Waals surface area contributed by atoms with E-state index in [2.05, 4.69) is 25.5 Å². The van der Waals surface area contributed by atoms with Crippen LogP contribution in [0.5, 0.6) is 5.75 Å². The van der Waals surface area contributed by atoms with Gasteiger partial charge < -0.3 is 20.3 Å². The Bertz CT molecular complexity index is 835. The van der Waals surface area contributed by atoms with Gasteiger partial charge in [0, 0.05) is 37.9 Å². The number of hydrogen-bond donors (Lipinski definition) is 2. The fraction of sp³-hybridized carbons (Fsp3) is 0.476. The summed E-state index contributed by atoms with van der Waals surface area (Å²) in [6.07, 6.45) is 3.57. The zero-order chi connectivity index (χ0) is 19.3. The van der Waals surface area contributed by atoms with Crippen LogP contribution >= 0.6 is 0 Å². The van der Waals surface area contributed by atoms with Crippen molar-refractivity contribution in [2.24, 2.45) is 0 Å². The van der Waals surface area contributed by atoms with Gasteiger partial charge in [-0.1, -0.05) is 18.2 Å². The molecular formula is C21H27N5O2. The predicted molar refractivity (Wildman–Crippen MR) is 109 cm³/mol. The molecular weight excluding hydrogens is 354 g/mol. The number of hydrogen-bond acceptors (Lipinski definition) is 6. The number of aromatic nitrogens is 2. The number of carbonyl (C=O) groups is 1. The van der Waals surface area contributed by atoms with Crippen LogP contribution in [0.3, 0.4) is 0 Å². The van der Waals surface area contributed by atoms with Crippen LogP contribution in [-0.2, 0) is 11.2 Å². The molecule has 1 atom stereocenters. The highest BCUT2D eigenvalue weighted by atomic mass is 16.5. The van der Waals surface area contributed by atoms with E-state index >= 15 is 0 Å². The summed E-state index contributed by atoms with van der Waals surface area (Å²) < 4.78 is 5.83. The highest BCUT2D eigenvalue weighted by Crippen LogP contribution is 2.27. The summed E-state index contributed by atoms with van der Waals surface area (Å²) >= 11 is 0. The van der Waals surface area contributed by atoms with E-state index in [1.807, 2.05) is 37.3 Å². The maximum atomic E-state index is 12.4. The van der Waals surface area contributed by atoms with Gasteiger partial charge >= 0.3 is 0 Å². The van der Waals surface area contributed by atoms with Gasteiger partial charge in [-0.05, 0) is 44.2 Å². The number of fused-ring (bicyclic) bond motifs is 1. The van der Waals surface area contributed by atoms with E-state index in [1.54, 1.807) is 0 Å². The van der Waals surface area contributed by atoms with Gasteiger partial charge in [-0.25, -0.2) is 4.98 Å². The average Bonchev–Trinajstić information content (AvgIpc) is 3.25. The Morgan fingerprint density at radius 1 is 1.21 bits per heavy atom. The van der Waals surface area contributed by atoms with E-state index in [-0.39, 0.29) is 5.91 Å². The van der Waals surface area contributed by atoms with Crippen LogP contribution < -0.4 is 20.3 Å². The Hall–Kier alpha value is -2.83. The summed E-state index contributed by atoms with van der Waals surface area (Å²) in [5, 5.41) is 6.16. The number of nitrogens with one attached hydrogen (secondary N) is 2. The Labute approximate surface area is 165 Å². The molecule has 0 radical (unpaired) electrons.